The molecule has 2 aromatic carbocycles. The summed E-state index contributed by atoms with van der Waals surface area (Å²) in [6, 6.07) is 19.7. The number of rotatable bonds is 5. The number of benzene rings is 2. The number of anilines is 2. The third kappa shape index (κ3) is 4.24. The van der Waals surface area contributed by atoms with Crippen LogP contribution in [-0.2, 0) is 0 Å². The molecule has 0 spiro atoms. The van der Waals surface area contributed by atoms with Crippen LogP contribution in [0.5, 0.6) is 5.75 Å². The molecule has 4 rings (SSSR count). The Balaban J connectivity index is 1.41. The SMILES string of the molecule is COc1ccccc1C1CCN(c2ccc(C(=O)Nc3ccc(C)cc3)cn2)C1. The number of hydrogen-bond acceptors (Lipinski definition) is 4. The molecule has 5 heteroatoms. The van der Waals surface area contributed by atoms with Gasteiger partial charge in [-0.25, -0.2) is 4.98 Å². The Hall–Kier alpha value is -3.34. The van der Waals surface area contributed by atoms with Gasteiger partial charge in [-0.2, -0.15) is 0 Å². The Morgan fingerprint density at radius 3 is 2.62 bits per heavy atom. The molecular weight excluding hydrogens is 362 g/mol. The minimum atomic E-state index is -0.152. The van der Waals surface area contributed by atoms with E-state index in [4.69, 9.17) is 4.74 Å². The summed E-state index contributed by atoms with van der Waals surface area (Å²) in [4.78, 5) is 19.3. The number of pyridine rings is 1. The van der Waals surface area contributed by atoms with E-state index in [-0.39, 0.29) is 5.91 Å². The summed E-state index contributed by atoms with van der Waals surface area (Å²) >= 11 is 0. The summed E-state index contributed by atoms with van der Waals surface area (Å²) in [6.07, 6.45) is 2.70. The minimum Gasteiger partial charge on any atom is -0.496 e. The number of nitrogens with zero attached hydrogens (tertiary/aromatic N) is 2. The molecule has 2 heterocycles. The quantitative estimate of drug-likeness (QED) is 0.693. The lowest BCUT2D eigenvalue weighted by Gasteiger charge is -2.19. The Morgan fingerprint density at radius 1 is 1.10 bits per heavy atom. The molecule has 1 unspecified atom stereocenters. The van der Waals surface area contributed by atoms with Crippen molar-refractivity contribution >= 4 is 17.4 Å². The lowest BCUT2D eigenvalue weighted by molar-refractivity contribution is 0.102. The van der Waals surface area contributed by atoms with Crippen LogP contribution in [0.4, 0.5) is 11.5 Å². The van der Waals surface area contributed by atoms with Crippen LogP contribution in [0.15, 0.2) is 66.9 Å². The number of carbonyl (C=O) groups excluding carboxylic acids is 1. The fourth-order valence-electron chi connectivity index (χ4n) is 3.77. The second-order valence-corrected chi connectivity index (χ2v) is 7.40. The van der Waals surface area contributed by atoms with Crippen LogP contribution in [0.2, 0.25) is 0 Å². The van der Waals surface area contributed by atoms with Crippen molar-refractivity contribution < 1.29 is 9.53 Å². The van der Waals surface area contributed by atoms with E-state index in [2.05, 4.69) is 27.3 Å². The van der Waals surface area contributed by atoms with Gasteiger partial charge in [-0.15, -0.1) is 0 Å². The summed E-state index contributed by atoms with van der Waals surface area (Å²) in [5.74, 6) is 2.10. The van der Waals surface area contributed by atoms with Crippen LogP contribution in [0.3, 0.4) is 0 Å². The molecule has 1 amide bonds. The number of nitrogens with one attached hydrogen (secondary N) is 1. The largest absolute Gasteiger partial charge is 0.496 e. The number of amides is 1. The highest BCUT2D eigenvalue weighted by Gasteiger charge is 2.26. The average molecular weight is 387 g/mol. The molecule has 1 atom stereocenters. The van der Waals surface area contributed by atoms with Crippen molar-refractivity contribution in [1.29, 1.82) is 0 Å². The van der Waals surface area contributed by atoms with Gasteiger partial charge in [0.05, 0.1) is 12.7 Å². The first-order valence-electron chi connectivity index (χ1n) is 9.86. The number of carbonyl (C=O) groups is 1. The number of para-hydroxylation sites is 1. The molecule has 1 saturated heterocycles. The lowest BCUT2D eigenvalue weighted by atomic mass is 9.97. The molecule has 0 saturated carbocycles. The van der Waals surface area contributed by atoms with Crippen LogP contribution in [0, 0.1) is 6.92 Å². The van der Waals surface area contributed by atoms with Crippen LogP contribution in [0.25, 0.3) is 0 Å². The summed E-state index contributed by atoms with van der Waals surface area (Å²) in [7, 11) is 1.72. The zero-order valence-corrected chi connectivity index (χ0v) is 16.8. The number of aryl methyl sites for hydroxylation is 1. The van der Waals surface area contributed by atoms with Gasteiger partial charge in [0.25, 0.3) is 5.91 Å². The molecule has 0 aliphatic carbocycles. The molecule has 1 aliphatic heterocycles. The molecule has 1 aromatic heterocycles. The van der Waals surface area contributed by atoms with Gasteiger partial charge >= 0.3 is 0 Å². The maximum absolute atomic E-state index is 12.5. The molecule has 148 valence electrons. The minimum absolute atomic E-state index is 0.152. The van der Waals surface area contributed by atoms with Crippen LogP contribution in [-0.4, -0.2) is 31.1 Å². The van der Waals surface area contributed by atoms with E-state index in [0.29, 0.717) is 11.5 Å². The van der Waals surface area contributed by atoms with Gasteiger partial charge in [0, 0.05) is 30.9 Å². The van der Waals surface area contributed by atoms with Gasteiger partial charge in [-0.05, 0) is 49.2 Å². The zero-order chi connectivity index (χ0) is 20.2. The second kappa shape index (κ2) is 8.35. The van der Waals surface area contributed by atoms with Gasteiger partial charge < -0.3 is 15.0 Å². The first-order valence-corrected chi connectivity index (χ1v) is 9.86. The molecule has 1 fully saturated rings. The van der Waals surface area contributed by atoms with Gasteiger partial charge in [0.15, 0.2) is 0 Å². The first-order chi connectivity index (χ1) is 14.1. The lowest BCUT2D eigenvalue weighted by Crippen LogP contribution is -2.21. The second-order valence-electron chi connectivity index (χ2n) is 7.40. The van der Waals surface area contributed by atoms with Crippen LogP contribution < -0.4 is 15.0 Å². The maximum atomic E-state index is 12.5. The third-order valence-corrected chi connectivity index (χ3v) is 5.41. The van der Waals surface area contributed by atoms with E-state index >= 15 is 0 Å². The predicted molar refractivity (Wildman–Crippen MR) is 116 cm³/mol. The van der Waals surface area contributed by atoms with Gasteiger partial charge in [-0.3, -0.25) is 4.79 Å². The third-order valence-electron chi connectivity index (χ3n) is 5.41. The van der Waals surface area contributed by atoms with E-state index in [1.165, 1.54) is 5.56 Å². The number of hydrogen-bond donors (Lipinski definition) is 1. The Bertz CT molecular complexity index is 984. The van der Waals surface area contributed by atoms with Crippen molar-refractivity contribution in [2.24, 2.45) is 0 Å². The van der Waals surface area contributed by atoms with Crippen LogP contribution >= 0.6 is 0 Å². The highest BCUT2D eigenvalue weighted by atomic mass is 16.5. The molecule has 29 heavy (non-hydrogen) atoms. The topological polar surface area (TPSA) is 54.5 Å². The van der Waals surface area contributed by atoms with Crippen molar-refractivity contribution in [2.75, 3.05) is 30.4 Å². The van der Waals surface area contributed by atoms with E-state index in [0.717, 1.165) is 42.3 Å². The van der Waals surface area contributed by atoms with E-state index in [9.17, 15) is 4.79 Å². The van der Waals surface area contributed by atoms with Crippen molar-refractivity contribution in [3.05, 3.63) is 83.6 Å². The summed E-state index contributed by atoms with van der Waals surface area (Å²) < 4.78 is 5.52. The standard InChI is InChI=1S/C24H25N3O2/c1-17-7-10-20(11-8-17)26-24(28)18-9-12-23(25-15-18)27-14-13-19(16-27)21-5-3-4-6-22(21)29-2/h3-12,15,19H,13-14,16H2,1-2H3,(H,26,28). The highest BCUT2D eigenvalue weighted by Crippen LogP contribution is 2.34. The molecule has 0 radical (unpaired) electrons. The maximum Gasteiger partial charge on any atom is 0.257 e. The molecule has 1 N–H and O–H groups in total. The first kappa shape index (κ1) is 19.0. The van der Waals surface area contributed by atoms with Gasteiger partial charge in [0.1, 0.15) is 11.6 Å². The average Bonchev–Trinajstić information content (AvgIpc) is 3.25. The van der Waals surface area contributed by atoms with Crippen molar-refractivity contribution in [3.63, 3.8) is 0 Å². The fraction of sp³-hybridized carbons (Fsp3) is 0.250. The van der Waals surface area contributed by atoms with Crippen molar-refractivity contribution in [3.8, 4) is 5.75 Å². The number of methoxy groups -OCH3 is 1. The summed E-state index contributed by atoms with van der Waals surface area (Å²) in [5.41, 5.74) is 3.73. The normalized spacial score (nSPS) is 15.9. The van der Waals surface area contributed by atoms with Crippen molar-refractivity contribution in [2.45, 2.75) is 19.3 Å². The van der Waals surface area contributed by atoms with Crippen molar-refractivity contribution in [1.82, 2.24) is 4.98 Å². The monoisotopic (exact) mass is 387 g/mol. The predicted octanol–water partition coefficient (Wildman–Crippen LogP) is 4.64. The van der Waals surface area contributed by atoms with Gasteiger partial charge in [-0.1, -0.05) is 35.9 Å². The molecule has 0 bridgehead atoms. The van der Waals surface area contributed by atoms with Crippen LogP contribution in [0.1, 0.15) is 33.8 Å². The number of ether oxygens (including phenoxy) is 1. The number of aromatic nitrogens is 1. The van der Waals surface area contributed by atoms with Gasteiger partial charge in [0.2, 0.25) is 0 Å². The molecule has 3 aromatic rings. The Labute approximate surface area is 171 Å². The van der Waals surface area contributed by atoms with E-state index in [1.807, 2.05) is 55.5 Å². The summed E-state index contributed by atoms with van der Waals surface area (Å²) in [5, 5.41) is 2.91. The highest BCUT2D eigenvalue weighted by molar-refractivity contribution is 6.04. The summed E-state index contributed by atoms with van der Waals surface area (Å²) in [6.45, 7) is 3.85. The molecular formula is C24H25N3O2. The Morgan fingerprint density at radius 2 is 1.90 bits per heavy atom. The smallest absolute Gasteiger partial charge is 0.257 e. The zero-order valence-electron chi connectivity index (χ0n) is 16.8. The van der Waals surface area contributed by atoms with E-state index in [1.54, 1.807) is 13.3 Å². The Kier molecular flexibility index (Phi) is 5.47. The van der Waals surface area contributed by atoms with E-state index < -0.39 is 0 Å². The fourth-order valence-corrected chi connectivity index (χ4v) is 3.77. The molecule has 5 nitrogen and oxygen atoms in total. The molecule has 1 aliphatic rings.